The molecular weight excluding hydrogens is 210 g/mol. The molecule has 88 valence electrons. The summed E-state index contributed by atoms with van der Waals surface area (Å²) in [7, 11) is 1.85. The third kappa shape index (κ3) is 2.47. The number of hydrogen-bond acceptors (Lipinski definition) is 1. The van der Waals surface area contributed by atoms with Crippen molar-refractivity contribution in [1.82, 2.24) is 4.90 Å². The first-order chi connectivity index (χ1) is 8.22. The van der Waals surface area contributed by atoms with Crippen molar-refractivity contribution in [1.29, 1.82) is 0 Å². The molecule has 1 amide bonds. The van der Waals surface area contributed by atoms with Crippen molar-refractivity contribution in [2.45, 2.75) is 19.9 Å². The number of nitrogens with zero attached hydrogens (tertiary/aromatic N) is 1. The van der Waals surface area contributed by atoms with E-state index in [0.717, 1.165) is 0 Å². The number of benzene rings is 2. The number of rotatable bonds is 3. The molecule has 0 heterocycles. The lowest BCUT2D eigenvalue weighted by Gasteiger charge is -2.17. The first-order valence-corrected chi connectivity index (χ1v) is 5.93. The summed E-state index contributed by atoms with van der Waals surface area (Å²) in [4.78, 5) is 13.4. The van der Waals surface area contributed by atoms with Crippen LogP contribution < -0.4 is 0 Å². The molecule has 0 spiro atoms. The van der Waals surface area contributed by atoms with Crippen LogP contribution in [0, 0.1) is 0 Å². The van der Waals surface area contributed by atoms with Crippen LogP contribution in [0.15, 0.2) is 42.5 Å². The van der Waals surface area contributed by atoms with Crippen molar-refractivity contribution >= 4 is 16.7 Å². The maximum Gasteiger partial charge on any atom is 0.222 e. The Hall–Kier alpha value is -1.83. The Morgan fingerprint density at radius 1 is 1.12 bits per heavy atom. The lowest BCUT2D eigenvalue weighted by atomic mass is 10.0. The molecular formula is C15H17NO. The lowest BCUT2D eigenvalue weighted by molar-refractivity contribution is -0.130. The van der Waals surface area contributed by atoms with Crippen molar-refractivity contribution in [3.63, 3.8) is 0 Å². The predicted octanol–water partition coefficient (Wildman–Crippen LogP) is 3.21. The fourth-order valence-corrected chi connectivity index (χ4v) is 2.04. The van der Waals surface area contributed by atoms with E-state index in [1.807, 2.05) is 32.2 Å². The number of carbonyl (C=O) groups is 1. The molecule has 0 atom stereocenters. The molecule has 0 aliphatic rings. The second kappa shape index (κ2) is 5.00. The Bertz CT molecular complexity index is 528. The summed E-state index contributed by atoms with van der Waals surface area (Å²) in [6.45, 7) is 2.57. The van der Waals surface area contributed by atoms with E-state index >= 15 is 0 Å². The smallest absolute Gasteiger partial charge is 0.222 e. The van der Waals surface area contributed by atoms with Gasteiger partial charge in [0.05, 0.1) is 0 Å². The van der Waals surface area contributed by atoms with Crippen LogP contribution >= 0.6 is 0 Å². The Morgan fingerprint density at radius 3 is 2.59 bits per heavy atom. The number of amides is 1. The van der Waals surface area contributed by atoms with Gasteiger partial charge in [0.2, 0.25) is 5.91 Å². The fraction of sp³-hybridized carbons (Fsp3) is 0.267. The largest absolute Gasteiger partial charge is 0.341 e. The second-order valence-corrected chi connectivity index (χ2v) is 4.24. The number of hydrogen-bond donors (Lipinski definition) is 0. The standard InChI is InChI=1S/C15H17NO/c1-3-15(17)16(2)11-13-9-6-8-12-7-4-5-10-14(12)13/h4-10H,3,11H2,1-2H3. The van der Waals surface area contributed by atoms with Gasteiger partial charge in [0.1, 0.15) is 0 Å². The zero-order chi connectivity index (χ0) is 12.3. The lowest BCUT2D eigenvalue weighted by Crippen LogP contribution is -2.25. The molecule has 2 nitrogen and oxygen atoms in total. The summed E-state index contributed by atoms with van der Waals surface area (Å²) in [5.74, 6) is 0.179. The summed E-state index contributed by atoms with van der Waals surface area (Å²) >= 11 is 0. The maximum absolute atomic E-state index is 11.6. The summed E-state index contributed by atoms with van der Waals surface area (Å²) in [6.07, 6.45) is 0.557. The monoisotopic (exact) mass is 227 g/mol. The van der Waals surface area contributed by atoms with Gasteiger partial charge in [0.25, 0.3) is 0 Å². The normalized spacial score (nSPS) is 10.5. The Labute approximate surface area is 102 Å². The summed E-state index contributed by atoms with van der Waals surface area (Å²) in [5, 5.41) is 2.45. The van der Waals surface area contributed by atoms with E-state index in [9.17, 15) is 4.79 Å². The summed E-state index contributed by atoms with van der Waals surface area (Å²) in [6, 6.07) is 14.5. The average Bonchev–Trinajstić information content (AvgIpc) is 2.38. The number of fused-ring (bicyclic) bond motifs is 1. The zero-order valence-corrected chi connectivity index (χ0v) is 10.3. The molecule has 0 radical (unpaired) electrons. The van der Waals surface area contributed by atoms with Gasteiger partial charge in [-0.2, -0.15) is 0 Å². The first-order valence-electron chi connectivity index (χ1n) is 5.93. The second-order valence-electron chi connectivity index (χ2n) is 4.24. The highest BCUT2D eigenvalue weighted by Crippen LogP contribution is 2.19. The fourth-order valence-electron chi connectivity index (χ4n) is 2.04. The van der Waals surface area contributed by atoms with Crippen LogP contribution in [-0.2, 0) is 11.3 Å². The molecule has 0 unspecified atom stereocenters. The van der Waals surface area contributed by atoms with E-state index in [4.69, 9.17) is 0 Å². The predicted molar refractivity (Wildman–Crippen MR) is 70.7 cm³/mol. The van der Waals surface area contributed by atoms with Crippen molar-refractivity contribution in [3.8, 4) is 0 Å². The van der Waals surface area contributed by atoms with E-state index in [0.29, 0.717) is 13.0 Å². The molecule has 0 N–H and O–H groups in total. The van der Waals surface area contributed by atoms with Crippen molar-refractivity contribution in [2.24, 2.45) is 0 Å². The van der Waals surface area contributed by atoms with Crippen LogP contribution in [0.25, 0.3) is 10.8 Å². The minimum atomic E-state index is 0.179. The third-order valence-corrected chi connectivity index (χ3v) is 3.02. The van der Waals surface area contributed by atoms with Crippen molar-refractivity contribution in [3.05, 3.63) is 48.0 Å². The zero-order valence-electron chi connectivity index (χ0n) is 10.3. The maximum atomic E-state index is 11.6. The minimum absolute atomic E-state index is 0.179. The minimum Gasteiger partial charge on any atom is -0.341 e. The van der Waals surface area contributed by atoms with Gasteiger partial charge in [-0.05, 0) is 16.3 Å². The Kier molecular flexibility index (Phi) is 3.43. The molecule has 2 rings (SSSR count). The van der Waals surface area contributed by atoms with Gasteiger partial charge >= 0.3 is 0 Å². The van der Waals surface area contributed by atoms with E-state index in [1.54, 1.807) is 4.90 Å². The van der Waals surface area contributed by atoms with Crippen LogP contribution in [0.2, 0.25) is 0 Å². The summed E-state index contributed by atoms with van der Waals surface area (Å²) < 4.78 is 0. The van der Waals surface area contributed by atoms with Crippen LogP contribution in [0.3, 0.4) is 0 Å². The quantitative estimate of drug-likeness (QED) is 0.788. The van der Waals surface area contributed by atoms with Crippen LogP contribution in [0.4, 0.5) is 0 Å². The topological polar surface area (TPSA) is 20.3 Å². The van der Waals surface area contributed by atoms with Crippen LogP contribution in [-0.4, -0.2) is 17.9 Å². The summed E-state index contributed by atoms with van der Waals surface area (Å²) in [5.41, 5.74) is 1.20. The van der Waals surface area contributed by atoms with E-state index < -0.39 is 0 Å². The van der Waals surface area contributed by atoms with Gasteiger partial charge in [0.15, 0.2) is 0 Å². The first kappa shape index (κ1) is 11.6. The van der Waals surface area contributed by atoms with Crippen LogP contribution in [0.5, 0.6) is 0 Å². The molecule has 2 aromatic rings. The van der Waals surface area contributed by atoms with Crippen LogP contribution in [0.1, 0.15) is 18.9 Å². The molecule has 0 fully saturated rings. The highest BCUT2D eigenvalue weighted by Gasteiger charge is 2.08. The van der Waals surface area contributed by atoms with E-state index in [-0.39, 0.29) is 5.91 Å². The molecule has 2 heteroatoms. The van der Waals surface area contributed by atoms with Gasteiger partial charge in [-0.25, -0.2) is 0 Å². The molecule has 0 saturated carbocycles. The molecule has 0 aromatic heterocycles. The van der Waals surface area contributed by atoms with Gasteiger partial charge in [-0.3, -0.25) is 4.79 Å². The van der Waals surface area contributed by atoms with Gasteiger partial charge < -0.3 is 4.90 Å². The van der Waals surface area contributed by atoms with Gasteiger partial charge in [-0.15, -0.1) is 0 Å². The molecule has 0 bridgehead atoms. The molecule has 17 heavy (non-hydrogen) atoms. The molecule has 0 aliphatic heterocycles. The SMILES string of the molecule is CCC(=O)N(C)Cc1cccc2ccccc12. The third-order valence-electron chi connectivity index (χ3n) is 3.02. The van der Waals surface area contributed by atoms with E-state index in [2.05, 4.69) is 24.3 Å². The number of carbonyl (C=O) groups excluding carboxylic acids is 1. The molecule has 0 aliphatic carbocycles. The van der Waals surface area contributed by atoms with E-state index in [1.165, 1.54) is 16.3 Å². The van der Waals surface area contributed by atoms with Gasteiger partial charge in [0, 0.05) is 20.0 Å². The highest BCUT2D eigenvalue weighted by atomic mass is 16.2. The highest BCUT2D eigenvalue weighted by molar-refractivity contribution is 5.86. The Balaban J connectivity index is 2.33. The average molecular weight is 227 g/mol. The molecule has 2 aromatic carbocycles. The molecule has 0 saturated heterocycles. The Morgan fingerprint density at radius 2 is 1.82 bits per heavy atom. The van der Waals surface area contributed by atoms with Crippen molar-refractivity contribution in [2.75, 3.05) is 7.05 Å². The van der Waals surface area contributed by atoms with Crippen molar-refractivity contribution < 1.29 is 4.79 Å². The van der Waals surface area contributed by atoms with Gasteiger partial charge in [-0.1, -0.05) is 49.4 Å².